The Morgan fingerprint density at radius 3 is 2.67 bits per heavy atom. The van der Waals surface area contributed by atoms with Gasteiger partial charge < -0.3 is 10.4 Å². The maximum Gasteiger partial charge on any atom is 0.234 e. The molecule has 1 amide bonds. The zero-order valence-electron chi connectivity index (χ0n) is 10.3. The predicted molar refractivity (Wildman–Crippen MR) is 67.5 cm³/mol. The maximum atomic E-state index is 11.4. The Morgan fingerprint density at radius 2 is 2.11 bits per heavy atom. The fraction of sp³-hybridized carbons (Fsp3) is 0.385. The van der Waals surface area contributed by atoms with Gasteiger partial charge in [0.05, 0.1) is 24.8 Å². The highest BCUT2D eigenvalue weighted by molar-refractivity contribution is 5.78. The highest BCUT2D eigenvalue weighted by atomic mass is 16.3. The maximum absolute atomic E-state index is 11.4. The molecule has 0 bridgehead atoms. The van der Waals surface area contributed by atoms with Crippen molar-refractivity contribution in [2.45, 2.75) is 12.5 Å². The molecule has 0 aliphatic carbocycles. The molecule has 0 saturated heterocycles. The zero-order valence-corrected chi connectivity index (χ0v) is 10.3. The van der Waals surface area contributed by atoms with Gasteiger partial charge in [-0.1, -0.05) is 30.3 Å². The molecule has 96 valence electrons. The van der Waals surface area contributed by atoms with Crippen molar-refractivity contribution < 1.29 is 9.90 Å². The van der Waals surface area contributed by atoms with Gasteiger partial charge in [-0.3, -0.25) is 10.1 Å². The van der Waals surface area contributed by atoms with Gasteiger partial charge in [0.25, 0.3) is 0 Å². The topological polar surface area (TPSA) is 85.2 Å². The van der Waals surface area contributed by atoms with Crippen LogP contribution < -0.4 is 10.6 Å². The van der Waals surface area contributed by atoms with E-state index in [9.17, 15) is 9.90 Å². The smallest absolute Gasteiger partial charge is 0.234 e. The number of carbonyl (C=O) groups is 1. The van der Waals surface area contributed by atoms with E-state index in [0.29, 0.717) is 0 Å². The van der Waals surface area contributed by atoms with Gasteiger partial charge >= 0.3 is 0 Å². The van der Waals surface area contributed by atoms with E-state index in [1.165, 1.54) is 0 Å². The molecule has 0 aliphatic rings. The lowest BCUT2D eigenvalue weighted by molar-refractivity contribution is -0.120. The van der Waals surface area contributed by atoms with Crippen molar-refractivity contribution in [2.75, 3.05) is 19.7 Å². The summed E-state index contributed by atoms with van der Waals surface area (Å²) in [6.07, 6.45) is 0. The highest BCUT2D eigenvalue weighted by Gasteiger charge is 2.25. The number of aliphatic hydroxyl groups excluding tert-OH is 1. The second kappa shape index (κ2) is 6.74. The minimum Gasteiger partial charge on any atom is -0.394 e. The quantitative estimate of drug-likeness (QED) is 0.623. The van der Waals surface area contributed by atoms with Crippen LogP contribution in [0.25, 0.3) is 0 Å². The lowest BCUT2D eigenvalue weighted by Gasteiger charge is -2.29. The lowest BCUT2D eigenvalue weighted by atomic mass is 9.93. The first-order chi connectivity index (χ1) is 8.62. The second-order valence-electron chi connectivity index (χ2n) is 4.14. The molecule has 0 aromatic heterocycles. The molecule has 5 nitrogen and oxygen atoms in total. The largest absolute Gasteiger partial charge is 0.394 e. The van der Waals surface area contributed by atoms with E-state index in [0.717, 1.165) is 5.56 Å². The van der Waals surface area contributed by atoms with Crippen LogP contribution in [0.4, 0.5) is 0 Å². The standard InChI is InChI=1S/C13H17N3O2/c1-13(10-17,11-5-3-2-4-6-11)16-9-12(18)15-8-7-14/h2-6,16-17H,8-10H2,1H3,(H,15,18). The number of hydrogen-bond acceptors (Lipinski definition) is 4. The number of nitrogens with zero attached hydrogens (tertiary/aromatic N) is 1. The summed E-state index contributed by atoms with van der Waals surface area (Å²) in [6.45, 7) is 1.73. The summed E-state index contributed by atoms with van der Waals surface area (Å²) < 4.78 is 0. The van der Waals surface area contributed by atoms with Crippen molar-refractivity contribution >= 4 is 5.91 Å². The Kier molecular flexibility index (Phi) is 5.31. The average Bonchev–Trinajstić information content (AvgIpc) is 2.43. The molecule has 1 aromatic carbocycles. The summed E-state index contributed by atoms with van der Waals surface area (Å²) in [5.74, 6) is -0.271. The van der Waals surface area contributed by atoms with Gasteiger partial charge in [0.1, 0.15) is 6.54 Å². The third kappa shape index (κ3) is 3.84. The van der Waals surface area contributed by atoms with Crippen molar-refractivity contribution in [3.63, 3.8) is 0 Å². The van der Waals surface area contributed by atoms with E-state index in [4.69, 9.17) is 5.26 Å². The number of amides is 1. The Labute approximate surface area is 106 Å². The number of carbonyl (C=O) groups excluding carboxylic acids is 1. The number of rotatable bonds is 6. The second-order valence-corrected chi connectivity index (χ2v) is 4.14. The van der Waals surface area contributed by atoms with Crippen molar-refractivity contribution in [1.29, 1.82) is 5.26 Å². The fourth-order valence-corrected chi connectivity index (χ4v) is 1.53. The Hall–Kier alpha value is -1.90. The van der Waals surface area contributed by atoms with Gasteiger partial charge in [0.15, 0.2) is 0 Å². The first kappa shape index (κ1) is 14.2. The molecular formula is C13H17N3O2. The van der Waals surface area contributed by atoms with Crippen LogP contribution >= 0.6 is 0 Å². The molecular weight excluding hydrogens is 230 g/mol. The van der Waals surface area contributed by atoms with Crippen LogP contribution in [0, 0.1) is 11.3 Å². The molecule has 0 spiro atoms. The Balaban J connectivity index is 2.62. The SMILES string of the molecule is CC(CO)(NCC(=O)NCC#N)c1ccccc1. The number of nitriles is 1. The van der Waals surface area contributed by atoms with E-state index in [2.05, 4.69) is 10.6 Å². The van der Waals surface area contributed by atoms with Gasteiger partial charge in [-0.25, -0.2) is 0 Å². The third-order valence-electron chi connectivity index (χ3n) is 2.73. The predicted octanol–water partition coefficient (Wildman–Crippen LogP) is 0.123. The van der Waals surface area contributed by atoms with Crippen molar-refractivity contribution in [3.05, 3.63) is 35.9 Å². The third-order valence-corrected chi connectivity index (χ3v) is 2.73. The van der Waals surface area contributed by atoms with E-state index in [1.807, 2.05) is 43.3 Å². The molecule has 0 fully saturated rings. The lowest BCUT2D eigenvalue weighted by Crippen LogP contribution is -2.47. The summed E-state index contributed by atoms with van der Waals surface area (Å²) in [7, 11) is 0. The molecule has 0 saturated carbocycles. The normalized spacial score (nSPS) is 13.4. The molecule has 5 heteroatoms. The summed E-state index contributed by atoms with van der Waals surface area (Å²) in [5.41, 5.74) is 0.228. The molecule has 1 unspecified atom stereocenters. The summed E-state index contributed by atoms with van der Waals surface area (Å²) >= 11 is 0. The molecule has 0 aliphatic heterocycles. The van der Waals surface area contributed by atoms with Crippen LogP contribution in [-0.4, -0.2) is 30.7 Å². The van der Waals surface area contributed by atoms with E-state index >= 15 is 0 Å². The van der Waals surface area contributed by atoms with Crippen LogP contribution in [0.1, 0.15) is 12.5 Å². The Morgan fingerprint density at radius 1 is 1.44 bits per heavy atom. The average molecular weight is 247 g/mol. The number of hydrogen-bond donors (Lipinski definition) is 3. The summed E-state index contributed by atoms with van der Waals surface area (Å²) in [6, 6.07) is 11.2. The van der Waals surface area contributed by atoms with Gasteiger partial charge in [-0.15, -0.1) is 0 Å². The first-order valence-corrected chi connectivity index (χ1v) is 5.67. The molecule has 1 atom stereocenters. The van der Waals surface area contributed by atoms with Crippen LogP contribution in [0.15, 0.2) is 30.3 Å². The zero-order chi connectivity index (χ0) is 13.4. The minimum absolute atomic E-state index is 0.0122. The van der Waals surface area contributed by atoms with Crippen molar-refractivity contribution in [1.82, 2.24) is 10.6 Å². The van der Waals surface area contributed by atoms with Crippen molar-refractivity contribution in [2.24, 2.45) is 0 Å². The Bertz CT molecular complexity index is 428. The monoisotopic (exact) mass is 247 g/mol. The van der Waals surface area contributed by atoms with Crippen LogP contribution in [-0.2, 0) is 10.3 Å². The molecule has 1 rings (SSSR count). The van der Waals surface area contributed by atoms with E-state index in [1.54, 1.807) is 0 Å². The van der Waals surface area contributed by atoms with Crippen LogP contribution in [0.5, 0.6) is 0 Å². The summed E-state index contributed by atoms with van der Waals surface area (Å²) in [5, 5.41) is 23.3. The molecule has 1 aromatic rings. The number of aliphatic hydroxyl groups is 1. The minimum atomic E-state index is -0.675. The molecule has 0 heterocycles. The van der Waals surface area contributed by atoms with E-state index in [-0.39, 0.29) is 25.6 Å². The van der Waals surface area contributed by atoms with Gasteiger partial charge in [0.2, 0.25) is 5.91 Å². The van der Waals surface area contributed by atoms with Crippen LogP contribution in [0.3, 0.4) is 0 Å². The number of benzene rings is 1. The number of nitrogens with one attached hydrogen (secondary N) is 2. The highest BCUT2D eigenvalue weighted by Crippen LogP contribution is 2.19. The van der Waals surface area contributed by atoms with Gasteiger partial charge in [-0.2, -0.15) is 5.26 Å². The van der Waals surface area contributed by atoms with E-state index < -0.39 is 5.54 Å². The van der Waals surface area contributed by atoms with Gasteiger partial charge in [-0.05, 0) is 12.5 Å². The molecule has 18 heavy (non-hydrogen) atoms. The fourth-order valence-electron chi connectivity index (χ4n) is 1.53. The molecule has 3 N–H and O–H groups in total. The van der Waals surface area contributed by atoms with Crippen molar-refractivity contribution in [3.8, 4) is 6.07 Å². The molecule has 0 radical (unpaired) electrons. The van der Waals surface area contributed by atoms with Gasteiger partial charge in [0, 0.05) is 0 Å². The first-order valence-electron chi connectivity index (χ1n) is 5.67. The summed E-state index contributed by atoms with van der Waals surface area (Å²) in [4.78, 5) is 11.4. The van der Waals surface area contributed by atoms with Crippen LogP contribution in [0.2, 0.25) is 0 Å².